The summed E-state index contributed by atoms with van der Waals surface area (Å²) in [5.74, 6) is -2.40. The summed E-state index contributed by atoms with van der Waals surface area (Å²) in [7, 11) is 1.27. The molecule has 2 unspecified atom stereocenters. The van der Waals surface area contributed by atoms with Crippen LogP contribution in [0, 0.1) is 0 Å². The lowest BCUT2D eigenvalue weighted by Crippen LogP contribution is -2.51. The van der Waals surface area contributed by atoms with Gasteiger partial charge in [0.25, 0.3) is 5.91 Å². The number of anilines is 2. The van der Waals surface area contributed by atoms with Crippen LogP contribution in [0.3, 0.4) is 0 Å². The van der Waals surface area contributed by atoms with Gasteiger partial charge in [-0.15, -0.1) is 0 Å². The first-order chi connectivity index (χ1) is 19.2. The monoisotopic (exact) mass is 542 g/mol. The molecule has 0 spiro atoms. The number of hydrogen-bond donors (Lipinski definition) is 3. The number of amides is 4. The molecule has 1 aliphatic rings. The predicted octanol–water partition coefficient (Wildman–Crippen LogP) is 3.07. The summed E-state index contributed by atoms with van der Waals surface area (Å²) in [4.78, 5) is 65.7. The van der Waals surface area contributed by atoms with Crippen LogP contribution in [-0.2, 0) is 30.3 Å². The van der Waals surface area contributed by atoms with E-state index in [1.54, 1.807) is 36.4 Å². The second kappa shape index (κ2) is 12.7. The fraction of sp³-hybridized carbons (Fsp3) is 0.233. The fourth-order valence-corrected chi connectivity index (χ4v) is 4.57. The molecule has 3 aromatic carbocycles. The first-order valence-corrected chi connectivity index (χ1v) is 12.7. The predicted molar refractivity (Wildman–Crippen MR) is 148 cm³/mol. The summed E-state index contributed by atoms with van der Waals surface area (Å²) in [6.07, 6.45) is 0.0551. The molecule has 206 valence electrons. The van der Waals surface area contributed by atoms with Crippen LogP contribution in [0.5, 0.6) is 0 Å². The van der Waals surface area contributed by atoms with E-state index in [0.29, 0.717) is 11.3 Å². The zero-order chi connectivity index (χ0) is 28.6. The van der Waals surface area contributed by atoms with E-state index in [9.17, 15) is 24.0 Å². The molecule has 1 heterocycles. The number of nitrogens with one attached hydrogen (secondary N) is 3. The van der Waals surface area contributed by atoms with Crippen LogP contribution in [0.4, 0.5) is 11.4 Å². The Balaban J connectivity index is 1.66. The maximum Gasteiger partial charge on any atom is 0.307 e. The number of carbonyl (C=O) groups is 5. The molecule has 0 fully saturated rings. The summed E-state index contributed by atoms with van der Waals surface area (Å²) >= 11 is 0. The molecule has 4 amide bonds. The number of benzene rings is 3. The van der Waals surface area contributed by atoms with Crippen molar-refractivity contribution in [1.29, 1.82) is 0 Å². The third-order valence-corrected chi connectivity index (χ3v) is 6.49. The molecule has 0 bridgehead atoms. The first-order valence-electron chi connectivity index (χ1n) is 12.7. The van der Waals surface area contributed by atoms with E-state index in [-0.39, 0.29) is 30.0 Å². The standard InChI is InChI=1S/C30H30N4O6/c1-19(35)31-22-13-14-24-23(16-22)30(39)34(26(29(38)33-24)15-20-9-5-3-6-10-20)18-27(36)32-25(17-28(37)40-2)21-11-7-4-8-12-21/h3-14,16,25-26H,15,17-18H2,1-2H3,(H,31,35)(H,32,36)(H,33,38). The van der Waals surface area contributed by atoms with Crippen molar-refractivity contribution in [3.8, 4) is 0 Å². The van der Waals surface area contributed by atoms with Crippen LogP contribution < -0.4 is 16.0 Å². The quantitative estimate of drug-likeness (QED) is 0.356. The zero-order valence-electron chi connectivity index (χ0n) is 22.2. The van der Waals surface area contributed by atoms with Crippen LogP contribution in [-0.4, -0.2) is 54.2 Å². The Morgan fingerprint density at radius 3 is 2.30 bits per heavy atom. The van der Waals surface area contributed by atoms with E-state index in [1.165, 1.54) is 25.0 Å². The number of ether oxygens (including phenoxy) is 1. The van der Waals surface area contributed by atoms with E-state index in [1.807, 2.05) is 36.4 Å². The first kappa shape index (κ1) is 28.0. The molecule has 4 rings (SSSR count). The molecule has 0 saturated heterocycles. The lowest BCUT2D eigenvalue weighted by molar-refractivity contribution is -0.141. The van der Waals surface area contributed by atoms with Gasteiger partial charge in [0, 0.05) is 19.0 Å². The van der Waals surface area contributed by atoms with E-state index in [4.69, 9.17) is 4.74 Å². The summed E-state index contributed by atoms with van der Waals surface area (Å²) in [5.41, 5.74) is 2.28. The SMILES string of the molecule is COC(=O)CC(NC(=O)CN1C(=O)c2cc(NC(C)=O)ccc2NC(=O)C1Cc1ccccc1)c1ccccc1. The van der Waals surface area contributed by atoms with Crippen molar-refractivity contribution in [2.75, 3.05) is 24.3 Å². The molecule has 1 aliphatic heterocycles. The van der Waals surface area contributed by atoms with Crippen molar-refractivity contribution in [2.24, 2.45) is 0 Å². The zero-order valence-corrected chi connectivity index (χ0v) is 22.2. The molecular formula is C30H30N4O6. The molecule has 3 N–H and O–H groups in total. The lowest BCUT2D eigenvalue weighted by Gasteiger charge is -2.29. The van der Waals surface area contributed by atoms with Crippen LogP contribution in [0.2, 0.25) is 0 Å². The van der Waals surface area contributed by atoms with Crippen molar-refractivity contribution in [3.05, 3.63) is 95.6 Å². The summed E-state index contributed by atoms with van der Waals surface area (Å²) in [5, 5.41) is 8.26. The average molecular weight is 543 g/mol. The topological polar surface area (TPSA) is 134 Å². The molecule has 0 aliphatic carbocycles. The molecule has 2 atom stereocenters. The second-order valence-corrected chi connectivity index (χ2v) is 9.38. The van der Waals surface area contributed by atoms with Gasteiger partial charge in [0.05, 0.1) is 30.8 Å². The van der Waals surface area contributed by atoms with Crippen molar-refractivity contribution < 1.29 is 28.7 Å². The average Bonchev–Trinajstić information content (AvgIpc) is 3.03. The molecule has 10 heteroatoms. The second-order valence-electron chi connectivity index (χ2n) is 9.38. The highest BCUT2D eigenvalue weighted by molar-refractivity contribution is 6.11. The Morgan fingerprint density at radius 2 is 1.65 bits per heavy atom. The van der Waals surface area contributed by atoms with Gasteiger partial charge in [0.15, 0.2) is 0 Å². The molecule has 0 aromatic heterocycles. The van der Waals surface area contributed by atoms with Gasteiger partial charge in [-0.1, -0.05) is 60.7 Å². The number of methoxy groups -OCH3 is 1. The van der Waals surface area contributed by atoms with Gasteiger partial charge in [-0.3, -0.25) is 24.0 Å². The highest BCUT2D eigenvalue weighted by Gasteiger charge is 2.37. The minimum atomic E-state index is -1.01. The number of hydrogen-bond acceptors (Lipinski definition) is 6. The minimum absolute atomic E-state index is 0.114. The van der Waals surface area contributed by atoms with Gasteiger partial charge in [-0.25, -0.2) is 0 Å². The normalized spacial score (nSPS) is 15.2. The maximum atomic E-state index is 13.9. The van der Waals surface area contributed by atoms with Crippen molar-refractivity contribution in [2.45, 2.75) is 31.8 Å². The number of nitrogens with zero attached hydrogens (tertiary/aromatic N) is 1. The molecule has 40 heavy (non-hydrogen) atoms. The van der Waals surface area contributed by atoms with Gasteiger partial charge in [-0.2, -0.15) is 0 Å². The van der Waals surface area contributed by atoms with Crippen LogP contribution in [0.25, 0.3) is 0 Å². The van der Waals surface area contributed by atoms with E-state index >= 15 is 0 Å². The van der Waals surface area contributed by atoms with Crippen molar-refractivity contribution in [1.82, 2.24) is 10.2 Å². The summed E-state index contributed by atoms with van der Waals surface area (Å²) < 4.78 is 4.80. The number of esters is 1. The largest absolute Gasteiger partial charge is 0.469 e. The third kappa shape index (κ3) is 6.90. The number of fused-ring (bicyclic) bond motifs is 1. The molecule has 10 nitrogen and oxygen atoms in total. The minimum Gasteiger partial charge on any atom is -0.469 e. The highest BCUT2D eigenvalue weighted by atomic mass is 16.5. The van der Waals surface area contributed by atoms with Gasteiger partial charge >= 0.3 is 5.97 Å². The molecular weight excluding hydrogens is 512 g/mol. The molecule has 0 radical (unpaired) electrons. The van der Waals surface area contributed by atoms with E-state index < -0.39 is 42.3 Å². The van der Waals surface area contributed by atoms with Crippen LogP contribution in [0.1, 0.15) is 40.9 Å². The van der Waals surface area contributed by atoms with Gasteiger partial charge in [0.1, 0.15) is 12.6 Å². The van der Waals surface area contributed by atoms with Crippen molar-refractivity contribution in [3.63, 3.8) is 0 Å². The summed E-state index contributed by atoms with van der Waals surface area (Å²) in [6, 6.07) is 21.0. The lowest BCUT2D eigenvalue weighted by atomic mass is 10.0. The van der Waals surface area contributed by atoms with Crippen LogP contribution in [0.15, 0.2) is 78.9 Å². The van der Waals surface area contributed by atoms with E-state index in [0.717, 1.165) is 5.56 Å². The Hall–Kier alpha value is -4.99. The fourth-order valence-electron chi connectivity index (χ4n) is 4.57. The third-order valence-electron chi connectivity index (χ3n) is 6.49. The summed E-state index contributed by atoms with van der Waals surface area (Å²) in [6.45, 7) is 0.900. The molecule has 0 saturated carbocycles. The number of carbonyl (C=O) groups excluding carboxylic acids is 5. The van der Waals surface area contributed by atoms with E-state index in [2.05, 4.69) is 16.0 Å². The smallest absolute Gasteiger partial charge is 0.307 e. The van der Waals surface area contributed by atoms with Gasteiger partial charge in [-0.05, 0) is 29.3 Å². The number of rotatable bonds is 9. The highest BCUT2D eigenvalue weighted by Crippen LogP contribution is 2.28. The van der Waals surface area contributed by atoms with Crippen molar-refractivity contribution >= 4 is 41.0 Å². The van der Waals surface area contributed by atoms with Gasteiger partial charge in [0.2, 0.25) is 17.7 Å². The Labute approximate surface area is 231 Å². The Bertz CT molecular complexity index is 1410. The Morgan fingerprint density at radius 1 is 0.975 bits per heavy atom. The molecule has 3 aromatic rings. The van der Waals surface area contributed by atoms with Crippen LogP contribution >= 0.6 is 0 Å². The maximum absolute atomic E-state index is 13.9. The Kier molecular flexibility index (Phi) is 8.90. The van der Waals surface area contributed by atoms with Gasteiger partial charge < -0.3 is 25.6 Å².